The minimum atomic E-state index is -3.68. The SMILES string of the molecule is O=C(OCc1ccc(Cl)c(Cl)c1)c1cccc(S(=O)(=O)N2CCOCC2)c1. The summed E-state index contributed by atoms with van der Waals surface area (Å²) in [6.45, 7) is 1.27. The van der Waals surface area contributed by atoms with Crippen LogP contribution in [0.5, 0.6) is 0 Å². The van der Waals surface area contributed by atoms with Crippen molar-refractivity contribution in [2.45, 2.75) is 11.5 Å². The van der Waals surface area contributed by atoms with Gasteiger partial charge in [-0.25, -0.2) is 13.2 Å². The van der Waals surface area contributed by atoms with Gasteiger partial charge in [-0.05, 0) is 35.9 Å². The first-order valence-electron chi connectivity index (χ1n) is 8.17. The highest BCUT2D eigenvalue weighted by Crippen LogP contribution is 2.23. The molecule has 1 aliphatic heterocycles. The number of esters is 1. The van der Waals surface area contributed by atoms with Crippen molar-refractivity contribution >= 4 is 39.2 Å². The summed E-state index contributed by atoms with van der Waals surface area (Å²) < 4.78 is 37.2. The van der Waals surface area contributed by atoms with Crippen LogP contribution in [-0.4, -0.2) is 45.0 Å². The summed E-state index contributed by atoms with van der Waals surface area (Å²) in [6, 6.07) is 10.7. The molecule has 0 atom stereocenters. The van der Waals surface area contributed by atoms with Crippen molar-refractivity contribution in [1.82, 2.24) is 4.31 Å². The number of ether oxygens (including phenoxy) is 2. The van der Waals surface area contributed by atoms with E-state index >= 15 is 0 Å². The smallest absolute Gasteiger partial charge is 0.338 e. The number of morpholine rings is 1. The minimum Gasteiger partial charge on any atom is -0.457 e. The lowest BCUT2D eigenvalue weighted by Crippen LogP contribution is -2.40. The third kappa shape index (κ3) is 4.80. The third-order valence-corrected chi connectivity index (χ3v) is 6.67. The number of benzene rings is 2. The van der Waals surface area contributed by atoms with Crippen LogP contribution in [-0.2, 0) is 26.1 Å². The van der Waals surface area contributed by atoms with Crippen LogP contribution < -0.4 is 0 Å². The Morgan fingerprint density at radius 2 is 1.81 bits per heavy atom. The van der Waals surface area contributed by atoms with Gasteiger partial charge in [0.2, 0.25) is 10.0 Å². The summed E-state index contributed by atoms with van der Waals surface area (Å²) in [5.74, 6) is -0.625. The lowest BCUT2D eigenvalue weighted by atomic mass is 10.2. The summed E-state index contributed by atoms with van der Waals surface area (Å²) in [7, 11) is -3.68. The maximum absolute atomic E-state index is 12.7. The molecular weight excluding hydrogens is 413 g/mol. The number of halogens is 2. The van der Waals surface area contributed by atoms with E-state index in [-0.39, 0.29) is 30.2 Å². The molecule has 0 radical (unpaired) electrons. The topological polar surface area (TPSA) is 72.9 Å². The van der Waals surface area contributed by atoms with Crippen molar-refractivity contribution in [3.05, 3.63) is 63.6 Å². The van der Waals surface area contributed by atoms with E-state index in [1.165, 1.54) is 28.6 Å². The van der Waals surface area contributed by atoms with Gasteiger partial charge in [-0.2, -0.15) is 4.31 Å². The van der Waals surface area contributed by atoms with Gasteiger partial charge < -0.3 is 9.47 Å². The number of carbonyl (C=O) groups is 1. The predicted octanol–water partition coefficient (Wildman–Crippen LogP) is 3.37. The second kappa shape index (κ2) is 8.58. The number of hydrogen-bond donors (Lipinski definition) is 0. The molecule has 1 fully saturated rings. The number of sulfonamides is 1. The number of nitrogens with zero attached hydrogens (tertiary/aromatic N) is 1. The molecule has 1 heterocycles. The molecule has 0 bridgehead atoms. The minimum absolute atomic E-state index is 0.00381. The second-order valence-electron chi connectivity index (χ2n) is 5.87. The molecule has 0 saturated carbocycles. The monoisotopic (exact) mass is 429 g/mol. The fourth-order valence-corrected chi connectivity index (χ4v) is 4.36. The van der Waals surface area contributed by atoms with Gasteiger partial charge in [-0.15, -0.1) is 0 Å². The number of carbonyl (C=O) groups excluding carboxylic acids is 1. The molecule has 1 aliphatic rings. The largest absolute Gasteiger partial charge is 0.457 e. The first-order valence-corrected chi connectivity index (χ1v) is 10.4. The van der Waals surface area contributed by atoms with Gasteiger partial charge in [0, 0.05) is 13.1 Å². The zero-order valence-corrected chi connectivity index (χ0v) is 16.6. The molecule has 0 aliphatic carbocycles. The summed E-state index contributed by atoms with van der Waals surface area (Å²) >= 11 is 11.8. The summed E-state index contributed by atoms with van der Waals surface area (Å²) in [6.07, 6.45) is 0. The normalized spacial score (nSPS) is 15.5. The molecule has 0 aromatic heterocycles. The van der Waals surface area contributed by atoms with Gasteiger partial charge in [-0.3, -0.25) is 0 Å². The van der Waals surface area contributed by atoms with Gasteiger partial charge >= 0.3 is 5.97 Å². The highest BCUT2D eigenvalue weighted by molar-refractivity contribution is 7.89. The van der Waals surface area contributed by atoms with E-state index in [0.29, 0.717) is 28.8 Å². The third-order valence-electron chi connectivity index (χ3n) is 4.03. The van der Waals surface area contributed by atoms with E-state index in [9.17, 15) is 13.2 Å². The molecule has 3 rings (SSSR count). The average molecular weight is 430 g/mol. The molecule has 6 nitrogen and oxygen atoms in total. The zero-order chi connectivity index (χ0) is 19.4. The maximum Gasteiger partial charge on any atom is 0.338 e. The predicted molar refractivity (Wildman–Crippen MR) is 102 cm³/mol. The van der Waals surface area contributed by atoms with E-state index in [0.717, 1.165) is 0 Å². The molecule has 2 aromatic rings. The van der Waals surface area contributed by atoms with Crippen LogP contribution in [0.15, 0.2) is 47.4 Å². The van der Waals surface area contributed by atoms with E-state index in [4.69, 9.17) is 32.7 Å². The van der Waals surface area contributed by atoms with Crippen LogP contribution >= 0.6 is 23.2 Å². The van der Waals surface area contributed by atoms with Crippen molar-refractivity contribution in [1.29, 1.82) is 0 Å². The van der Waals surface area contributed by atoms with Gasteiger partial charge in [0.1, 0.15) is 6.61 Å². The Morgan fingerprint density at radius 1 is 1.07 bits per heavy atom. The summed E-state index contributed by atoms with van der Waals surface area (Å²) in [4.78, 5) is 12.4. The van der Waals surface area contributed by atoms with E-state index in [1.807, 2.05) is 0 Å². The van der Waals surface area contributed by atoms with E-state index < -0.39 is 16.0 Å². The van der Waals surface area contributed by atoms with Crippen LogP contribution in [0.2, 0.25) is 10.0 Å². The van der Waals surface area contributed by atoms with E-state index in [2.05, 4.69) is 0 Å². The second-order valence-corrected chi connectivity index (χ2v) is 8.62. The summed E-state index contributed by atoms with van der Waals surface area (Å²) in [5, 5.41) is 0.775. The molecule has 9 heteroatoms. The van der Waals surface area contributed by atoms with Crippen molar-refractivity contribution in [2.24, 2.45) is 0 Å². The number of hydrogen-bond acceptors (Lipinski definition) is 5. The molecule has 27 heavy (non-hydrogen) atoms. The van der Waals surface area contributed by atoms with Crippen LogP contribution in [0.1, 0.15) is 15.9 Å². The fourth-order valence-electron chi connectivity index (χ4n) is 2.58. The Labute approximate surface area is 167 Å². The molecule has 0 unspecified atom stereocenters. The van der Waals surface area contributed by atoms with Crippen LogP contribution in [0.4, 0.5) is 0 Å². The molecule has 2 aromatic carbocycles. The highest BCUT2D eigenvalue weighted by Gasteiger charge is 2.27. The standard InChI is InChI=1S/C18H17Cl2NO5S/c19-16-5-4-13(10-17(16)20)12-26-18(22)14-2-1-3-15(11-14)27(23,24)21-6-8-25-9-7-21/h1-5,10-11H,6-9,12H2. The van der Waals surface area contributed by atoms with Gasteiger partial charge in [-0.1, -0.05) is 35.3 Å². The quantitative estimate of drug-likeness (QED) is 0.681. The van der Waals surface area contributed by atoms with Crippen molar-refractivity contribution in [3.8, 4) is 0 Å². The Bertz CT molecular complexity index is 943. The molecule has 0 N–H and O–H groups in total. The first kappa shape index (κ1) is 20.1. The maximum atomic E-state index is 12.7. The van der Waals surface area contributed by atoms with Crippen molar-refractivity contribution < 1.29 is 22.7 Å². The van der Waals surface area contributed by atoms with Crippen molar-refractivity contribution in [2.75, 3.05) is 26.3 Å². The van der Waals surface area contributed by atoms with Gasteiger partial charge in [0.25, 0.3) is 0 Å². The van der Waals surface area contributed by atoms with Crippen molar-refractivity contribution in [3.63, 3.8) is 0 Å². The Hall–Kier alpha value is -1.64. The molecule has 0 amide bonds. The molecular formula is C18H17Cl2NO5S. The Morgan fingerprint density at radius 3 is 2.52 bits per heavy atom. The van der Waals surface area contributed by atoms with Crippen LogP contribution in [0.3, 0.4) is 0 Å². The lowest BCUT2D eigenvalue weighted by Gasteiger charge is -2.26. The van der Waals surface area contributed by atoms with Crippen LogP contribution in [0.25, 0.3) is 0 Å². The first-order chi connectivity index (χ1) is 12.9. The summed E-state index contributed by atoms with van der Waals surface area (Å²) in [5.41, 5.74) is 0.833. The van der Waals surface area contributed by atoms with E-state index in [1.54, 1.807) is 18.2 Å². The van der Waals surface area contributed by atoms with Crippen LogP contribution in [0, 0.1) is 0 Å². The fraction of sp³-hybridized carbons (Fsp3) is 0.278. The number of rotatable bonds is 5. The molecule has 1 saturated heterocycles. The Balaban J connectivity index is 1.72. The van der Waals surface area contributed by atoms with Gasteiger partial charge in [0.15, 0.2) is 0 Å². The average Bonchev–Trinajstić information content (AvgIpc) is 2.69. The lowest BCUT2D eigenvalue weighted by molar-refractivity contribution is 0.0472. The Kier molecular flexibility index (Phi) is 6.39. The molecule has 0 spiro atoms. The highest BCUT2D eigenvalue weighted by atomic mass is 35.5. The van der Waals surface area contributed by atoms with Gasteiger partial charge in [0.05, 0.1) is 33.7 Å². The zero-order valence-electron chi connectivity index (χ0n) is 14.2. The molecule has 144 valence electrons.